The number of halogens is 1. The van der Waals surface area contributed by atoms with Gasteiger partial charge in [0, 0.05) is 29.6 Å². The van der Waals surface area contributed by atoms with Crippen molar-refractivity contribution in [1.82, 2.24) is 4.90 Å². The highest BCUT2D eigenvalue weighted by atomic mass is 35.5. The predicted molar refractivity (Wildman–Crippen MR) is 88.4 cm³/mol. The Kier molecular flexibility index (Phi) is 4.28. The minimum absolute atomic E-state index is 0.583. The Balaban J connectivity index is 1.93. The normalized spacial score (nSPS) is 24.4. The zero-order chi connectivity index (χ0) is 15.0. The third kappa shape index (κ3) is 2.97. The fourth-order valence-electron chi connectivity index (χ4n) is 3.74. The second kappa shape index (κ2) is 6.02. The quantitative estimate of drug-likeness (QED) is 0.773. The van der Waals surface area contributed by atoms with Crippen LogP contribution in [0.25, 0.3) is 0 Å². The van der Waals surface area contributed by atoms with Crippen molar-refractivity contribution in [3.63, 3.8) is 0 Å². The number of benzene rings is 1. The lowest BCUT2D eigenvalue weighted by Gasteiger charge is -2.30. The molecule has 0 saturated carbocycles. The molecular formula is C18H24ClNO. The summed E-state index contributed by atoms with van der Waals surface area (Å²) in [5.41, 5.74) is 3.99. The van der Waals surface area contributed by atoms with E-state index in [9.17, 15) is 0 Å². The van der Waals surface area contributed by atoms with Gasteiger partial charge in [0.15, 0.2) is 0 Å². The fraction of sp³-hybridized carbons (Fsp3) is 0.556. The van der Waals surface area contributed by atoms with Crippen molar-refractivity contribution in [3.05, 3.63) is 39.9 Å². The van der Waals surface area contributed by atoms with Crippen molar-refractivity contribution in [2.24, 2.45) is 5.92 Å². The lowest BCUT2D eigenvalue weighted by Crippen LogP contribution is -2.20. The molecule has 1 aliphatic heterocycles. The van der Waals surface area contributed by atoms with Gasteiger partial charge < -0.3 is 9.64 Å². The molecule has 3 rings (SSSR count). The first-order valence-corrected chi connectivity index (χ1v) is 8.20. The number of rotatable bonds is 3. The number of hydrogen-bond acceptors (Lipinski definition) is 2. The van der Waals surface area contributed by atoms with E-state index in [1.54, 1.807) is 0 Å². The van der Waals surface area contributed by atoms with E-state index in [1.807, 2.05) is 6.07 Å². The highest BCUT2D eigenvalue weighted by Crippen LogP contribution is 2.47. The van der Waals surface area contributed by atoms with Crippen LogP contribution in [0.4, 0.5) is 0 Å². The molecule has 0 bridgehead atoms. The van der Waals surface area contributed by atoms with Crippen LogP contribution >= 0.6 is 11.6 Å². The summed E-state index contributed by atoms with van der Waals surface area (Å²) in [4.78, 5) is 2.44. The number of likely N-dealkylation sites (N-methyl/N-ethyl adjacent to an activating group) is 1. The molecule has 2 nitrogen and oxygen atoms in total. The van der Waals surface area contributed by atoms with E-state index in [4.69, 9.17) is 16.3 Å². The molecule has 1 aliphatic carbocycles. The molecule has 114 valence electrons. The summed E-state index contributed by atoms with van der Waals surface area (Å²) in [6.07, 6.45) is 4.46. The lowest BCUT2D eigenvalue weighted by molar-refractivity contribution is 0.344. The van der Waals surface area contributed by atoms with Gasteiger partial charge in [-0.2, -0.15) is 0 Å². The number of hydrogen-bond donors (Lipinski definition) is 0. The number of likely N-dealkylation sites (tertiary alicyclic amines) is 1. The van der Waals surface area contributed by atoms with Crippen molar-refractivity contribution >= 4 is 11.6 Å². The topological polar surface area (TPSA) is 12.5 Å². The van der Waals surface area contributed by atoms with Crippen LogP contribution in [0.2, 0.25) is 5.02 Å². The van der Waals surface area contributed by atoms with Crippen LogP contribution in [-0.4, -0.2) is 31.6 Å². The average molecular weight is 306 g/mol. The number of fused-ring (bicyclic) bond motifs is 3. The van der Waals surface area contributed by atoms with Crippen molar-refractivity contribution in [1.29, 1.82) is 0 Å². The van der Waals surface area contributed by atoms with Gasteiger partial charge in [-0.1, -0.05) is 17.2 Å². The van der Waals surface area contributed by atoms with Crippen LogP contribution in [0.15, 0.2) is 23.8 Å². The summed E-state index contributed by atoms with van der Waals surface area (Å²) in [6, 6.07) is 4.05. The van der Waals surface area contributed by atoms with E-state index in [-0.39, 0.29) is 0 Å². The summed E-state index contributed by atoms with van der Waals surface area (Å²) >= 11 is 6.44. The minimum atomic E-state index is 0.583. The summed E-state index contributed by atoms with van der Waals surface area (Å²) in [5.74, 6) is 2.38. The van der Waals surface area contributed by atoms with E-state index in [0.29, 0.717) is 12.5 Å². The monoisotopic (exact) mass is 305 g/mol. The Labute approximate surface area is 132 Å². The molecule has 0 unspecified atom stereocenters. The van der Waals surface area contributed by atoms with E-state index in [0.717, 1.165) is 29.7 Å². The Morgan fingerprint density at radius 1 is 1.38 bits per heavy atom. The first-order chi connectivity index (χ1) is 10.1. The Morgan fingerprint density at radius 2 is 2.19 bits per heavy atom. The van der Waals surface area contributed by atoms with Crippen LogP contribution in [0.3, 0.4) is 0 Å². The Bertz CT molecular complexity index is 563. The van der Waals surface area contributed by atoms with Crippen LogP contribution in [-0.2, 0) is 6.42 Å². The predicted octanol–water partition coefficient (Wildman–Crippen LogP) is 4.28. The van der Waals surface area contributed by atoms with Gasteiger partial charge in [-0.15, -0.1) is 0 Å². The van der Waals surface area contributed by atoms with Gasteiger partial charge in [0.05, 0.1) is 0 Å². The smallest absolute Gasteiger partial charge is 0.123 e. The summed E-state index contributed by atoms with van der Waals surface area (Å²) in [7, 11) is 2.21. The van der Waals surface area contributed by atoms with Crippen molar-refractivity contribution in [2.75, 3.05) is 26.7 Å². The largest absolute Gasteiger partial charge is 0.489 e. The SMILES string of the molecule is CC(C)=CCOc1ccc(Cl)c2c1[C@@H]1CN(C)C[C@@H]1CC2. The van der Waals surface area contributed by atoms with Crippen molar-refractivity contribution in [3.8, 4) is 5.75 Å². The maximum atomic E-state index is 6.44. The third-order valence-electron chi connectivity index (χ3n) is 4.75. The van der Waals surface area contributed by atoms with Crippen molar-refractivity contribution in [2.45, 2.75) is 32.6 Å². The third-order valence-corrected chi connectivity index (χ3v) is 5.10. The van der Waals surface area contributed by atoms with Gasteiger partial charge in [-0.05, 0) is 63.4 Å². The lowest BCUT2D eigenvalue weighted by atomic mass is 9.76. The fourth-order valence-corrected chi connectivity index (χ4v) is 4.00. The highest BCUT2D eigenvalue weighted by molar-refractivity contribution is 6.31. The Morgan fingerprint density at radius 3 is 2.95 bits per heavy atom. The van der Waals surface area contributed by atoms with Gasteiger partial charge in [-0.3, -0.25) is 0 Å². The van der Waals surface area contributed by atoms with Crippen LogP contribution < -0.4 is 4.74 Å². The van der Waals surface area contributed by atoms with E-state index >= 15 is 0 Å². The van der Waals surface area contributed by atoms with Crippen LogP contribution in [0, 0.1) is 5.92 Å². The zero-order valence-electron chi connectivity index (χ0n) is 13.2. The first-order valence-electron chi connectivity index (χ1n) is 7.82. The van der Waals surface area contributed by atoms with E-state index < -0.39 is 0 Å². The summed E-state index contributed by atoms with van der Waals surface area (Å²) in [6.45, 7) is 7.16. The molecule has 0 spiro atoms. The molecule has 0 radical (unpaired) electrons. The molecule has 1 fully saturated rings. The molecule has 3 heteroatoms. The average Bonchev–Trinajstić information content (AvgIpc) is 2.81. The van der Waals surface area contributed by atoms with E-state index in [1.165, 1.54) is 29.7 Å². The van der Waals surface area contributed by atoms with E-state index in [2.05, 4.69) is 37.9 Å². The van der Waals surface area contributed by atoms with Gasteiger partial charge in [0.2, 0.25) is 0 Å². The standard InChI is InChI=1S/C18H24ClNO/c1-12(2)8-9-21-17-7-6-16(19)14-5-4-13-10-20(3)11-15(13)18(14)17/h6-8,13,15H,4-5,9-11H2,1-3H3/t13-,15+/m0/s1. The van der Waals surface area contributed by atoms with Gasteiger partial charge in [0.25, 0.3) is 0 Å². The van der Waals surface area contributed by atoms with Crippen LogP contribution in [0.1, 0.15) is 37.3 Å². The number of allylic oxidation sites excluding steroid dienone is 1. The van der Waals surface area contributed by atoms with Crippen molar-refractivity contribution < 1.29 is 4.74 Å². The maximum absolute atomic E-state index is 6.44. The molecule has 0 amide bonds. The molecule has 1 aromatic carbocycles. The summed E-state index contributed by atoms with van der Waals surface area (Å²) < 4.78 is 6.06. The molecule has 1 saturated heterocycles. The zero-order valence-corrected chi connectivity index (χ0v) is 13.9. The molecule has 21 heavy (non-hydrogen) atoms. The molecule has 1 aromatic rings. The van der Waals surface area contributed by atoms with Gasteiger partial charge >= 0.3 is 0 Å². The molecule has 2 atom stereocenters. The Hall–Kier alpha value is -0.990. The molecule has 1 heterocycles. The highest BCUT2D eigenvalue weighted by Gasteiger charge is 2.38. The summed E-state index contributed by atoms with van der Waals surface area (Å²) in [5, 5.41) is 0.910. The first kappa shape index (κ1) is 14.9. The minimum Gasteiger partial charge on any atom is -0.489 e. The number of ether oxygens (including phenoxy) is 1. The second-order valence-corrected chi connectivity index (χ2v) is 7.06. The molecule has 0 aromatic heterocycles. The molecule has 2 aliphatic rings. The van der Waals surface area contributed by atoms with Gasteiger partial charge in [-0.25, -0.2) is 0 Å². The maximum Gasteiger partial charge on any atom is 0.123 e. The van der Waals surface area contributed by atoms with Gasteiger partial charge in [0.1, 0.15) is 12.4 Å². The number of nitrogens with zero attached hydrogens (tertiary/aromatic N) is 1. The van der Waals surface area contributed by atoms with Crippen LogP contribution in [0.5, 0.6) is 5.75 Å². The second-order valence-electron chi connectivity index (χ2n) is 6.66. The molecular weight excluding hydrogens is 282 g/mol. The molecule has 0 N–H and O–H groups in total.